The third kappa shape index (κ3) is 5.88. The predicted molar refractivity (Wildman–Crippen MR) is 131 cm³/mol. The summed E-state index contributed by atoms with van der Waals surface area (Å²) in [6, 6.07) is 8.66. The zero-order chi connectivity index (χ0) is 26.8. The second kappa shape index (κ2) is 10.4. The highest BCUT2D eigenvalue weighted by atomic mass is 35.5. The van der Waals surface area contributed by atoms with Crippen LogP contribution in [0, 0.1) is 5.82 Å². The Balaban J connectivity index is 1.82. The number of carbonyl (C=O) groups is 4. The molecule has 2 N–H and O–H groups in total. The van der Waals surface area contributed by atoms with Crippen molar-refractivity contribution in [2.75, 3.05) is 6.54 Å². The Bertz CT molecular complexity index is 1360. The molecule has 36 heavy (non-hydrogen) atoms. The quantitative estimate of drug-likeness (QED) is 0.440. The summed E-state index contributed by atoms with van der Waals surface area (Å²) in [7, 11) is 0. The zero-order valence-corrected chi connectivity index (χ0v) is 21.0. The molecule has 0 bridgehead atoms. The molecule has 0 unspecified atom stereocenters. The molecule has 9 nitrogen and oxygen atoms in total. The first-order valence-corrected chi connectivity index (χ1v) is 11.4. The first kappa shape index (κ1) is 26.8. The van der Waals surface area contributed by atoms with E-state index in [1.54, 1.807) is 26.8 Å². The van der Waals surface area contributed by atoms with E-state index in [0.717, 1.165) is 0 Å². The summed E-state index contributed by atoms with van der Waals surface area (Å²) in [5.74, 6) is -3.11. The number of aromatic nitrogens is 2. The van der Waals surface area contributed by atoms with Gasteiger partial charge in [-0.3, -0.25) is 19.1 Å². The van der Waals surface area contributed by atoms with Gasteiger partial charge in [-0.25, -0.2) is 9.18 Å². The van der Waals surface area contributed by atoms with E-state index in [4.69, 9.17) is 11.6 Å². The summed E-state index contributed by atoms with van der Waals surface area (Å²) in [5.41, 5.74) is -0.0961. The number of halogens is 2. The maximum Gasteiger partial charge on any atom is 0.335 e. The van der Waals surface area contributed by atoms with Crippen LogP contribution in [0.2, 0.25) is 5.02 Å². The molecule has 3 aromatic rings. The maximum atomic E-state index is 14.1. The third-order valence-electron chi connectivity index (χ3n) is 5.54. The SMILES string of the molecule is CC(=O)c1nn(CC(=O)N(CC(=O)NCc2cccc(Cl)c2F)C(C)(C)C)c2ccc(C(=O)O)cc12. The molecule has 0 aliphatic carbocycles. The van der Waals surface area contributed by atoms with Gasteiger partial charge in [0.05, 0.1) is 16.1 Å². The number of aromatic carboxylic acids is 1. The summed E-state index contributed by atoms with van der Waals surface area (Å²) < 4.78 is 15.4. The number of hydrogen-bond acceptors (Lipinski definition) is 5. The Hall–Kier alpha value is -3.79. The van der Waals surface area contributed by atoms with Crippen LogP contribution < -0.4 is 5.32 Å². The Kier molecular flexibility index (Phi) is 7.78. The number of fused-ring (bicyclic) bond motifs is 1. The van der Waals surface area contributed by atoms with Gasteiger partial charge < -0.3 is 15.3 Å². The van der Waals surface area contributed by atoms with Crippen LogP contribution in [0.3, 0.4) is 0 Å². The molecule has 0 fully saturated rings. The number of amides is 2. The van der Waals surface area contributed by atoms with Gasteiger partial charge in [0.25, 0.3) is 0 Å². The van der Waals surface area contributed by atoms with Crippen LogP contribution in [-0.2, 0) is 22.7 Å². The lowest BCUT2D eigenvalue weighted by Crippen LogP contribution is -2.51. The van der Waals surface area contributed by atoms with Crippen molar-refractivity contribution in [3.8, 4) is 0 Å². The van der Waals surface area contributed by atoms with Crippen molar-refractivity contribution in [2.24, 2.45) is 0 Å². The van der Waals surface area contributed by atoms with Gasteiger partial charge >= 0.3 is 5.97 Å². The molecule has 0 atom stereocenters. The fourth-order valence-electron chi connectivity index (χ4n) is 3.68. The molecule has 2 aromatic carbocycles. The first-order valence-electron chi connectivity index (χ1n) is 11.0. The Labute approximate surface area is 211 Å². The number of rotatable bonds is 8. The van der Waals surface area contributed by atoms with E-state index < -0.39 is 29.1 Å². The summed E-state index contributed by atoms with van der Waals surface area (Å²) in [6.07, 6.45) is 0. The van der Waals surface area contributed by atoms with Crippen LogP contribution in [0.4, 0.5) is 4.39 Å². The Morgan fingerprint density at radius 1 is 1.17 bits per heavy atom. The molecule has 1 aromatic heterocycles. The number of nitrogens with one attached hydrogen (secondary N) is 1. The van der Waals surface area contributed by atoms with E-state index in [2.05, 4.69) is 10.4 Å². The van der Waals surface area contributed by atoms with Gasteiger partial charge in [0.2, 0.25) is 11.8 Å². The van der Waals surface area contributed by atoms with Gasteiger partial charge in [-0.1, -0.05) is 23.7 Å². The Morgan fingerprint density at radius 2 is 1.86 bits per heavy atom. The predicted octanol–water partition coefficient (Wildman–Crippen LogP) is 3.67. The second-order valence-electron chi connectivity index (χ2n) is 9.24. The van der Waals surface area contributed by atoms with E-state index in [0.29, 0.717) is 10.9 Å². The average molecular weight is 517 g/mol. The first-order chi connectivity index (χ1) is 16.8. The van der Waals surface area contributed by atoms with Crippen LogP contribution in [0.5, 0.6) is 0 Å². The standard InChI is InChI=1S/C25H26ClFN4O5/c1-14(32)23-17-10-15(24(35)36)8-9-19(17)31(29-23)13-21(34)30(25(2,3)4)12-20(33)28-11-16-6-5-7-18(26)22(16)27/h5-10H,11-13H2,1-4H3,(H,28,33)(H,35,36). The van der Waals surface area contributed by atoms with Gasteiger partial charge in [0.1, 0.15) is 24.6 Å². The summed E-state index contributed by atoms with van der Waals surface area (Å²) in [5, 5.41) is 16.4. The number of hydrogen-bond donors (Lipinski definition) is 2. The van der Waals surface area contributed by atoms with Crippen LogP contribution in [0.15, 0.2) is 36.4 Å². The molecule has 0 aliphatic heterocycles. The smallest absolute Gasteiger partial charge is 0.335 e. The van der Waals surface area contributed by atoms with Crippen molar-refractivity contribution in [1.29, 1.82) is 0 Å². The molecule has 0 radical (unpaired) electrons. The Morgan fingerprint density at radius 3 is 2.47 bits per heavy atom. The third-order valence-corrected chi connectivity index (χ3v) is 5.83. The maximum absolute atomic E-state index is 14.1. The summed E-state index contributed by atoms with van der Waals surface area (Å²) in [6.45, 7) is 5.89. The van der Waals surface area contributed by atoms with Gasteiger partial charge in [0, 0.05) is 30.0 Å². The van der Waals surface area contributed by atoms with Crippen molar-refractivity contribution in [3.05, 3.63) is 64.1 Å². The minimum absolute atomic E-state index is 0.0139. The molecular formula is C25H26ClFN4O5. The molecule has 190 valence electrons. The van der Waals surface area contributed by atoms with Crippen molar-refractivity contribution < 1.29 is 28.7 Å². The topological polar surface area (TPSA) is 122 Å². The number of ketones is 1. The second-order valence-corrected chi connectivity index (χ2v) is 9.65. The minimum atomic E-state index is -1.15. The van der Waals surface area contributed by atoms with Crippen molar-refractivity contribution in [1.82, 2.24) is 20.0 Å². The van der Waals surface area contributed by atoms with E-state index >= 15 is 0 Å². The highest BCUT2D eigenvalue weighted by Gasteiger charge is 2.29. The normalized spacial score (nSPS) is 11.4. The molecule has 1 heterocycles. The molecule has 3 rings (SSSR count). The lowest BCUT2D eigenvalue weighted by Gasteiger charge is -2.35. The minimum Gasteiger partial charge on any atom is -0.478 e. The number of nitrogens with zero attached hydrogens (tertiary/aromatic N) is 3. The zero-order valence-electron chi connectivity index (χ0n) is 20.3. The number of Topliss-reactive ketones (excluding diaryl/α,β-unsaturated/α-hetero) is 1. The van der Waals surface area contributed by atoms with E-state index in [1.165, 1.54) is 46.8 Å². The highest BCUT2D eigenvalue weighted by molar-refractivity contribution is 6.30. The largest absolute Gasteiger partial charge is 0.478 e. The molecule has 0 aliphatic rings. The van der Waals surface area contributed by atoms with Crippen molar-refractivity contribution in [2.45, 2.75) is 46.3 Å². The molecule has 11 heteroatoms. The summed E-state index contributed by atoms with van der Waals surface area (Å²) in [4.78, 5) is 50.8. The number of carboxylic acid groups (broad SMARTS) is 1. The van der Waals surface area contributed by atoms with Crippen LogP contribution in [0.1, 0.15) is 54.1 Å². The van der Waals surface area contributed by atoms with Crippen LogP contribution >= 0.6 is 11.6 Å². The summed E-state index contributed by atoms with van der Waals surface area (Å²) >= 11 is 5.78. The fourth-order valence-corrected chi connectivity index (χ4v) is 3.88. The number of benzene rings is 2. The van der Waals surface area contributed by atoms with Gasteiger partial charge in [-0.15, -0.1) is 0 Å². The monoisotopic (exact) mass is 516 g/mol. The van der Waals surface area contributed by atoms with Crippen molar-refractivity contribution >= 4 is 46.1 Å². The van der Waals surface area contributed by atoms with E-state index in [1.807, 2.05) is 0 Å². The lowest BCUT2D eigenvalue weighted by atomic mass is 10.1. The highest BCUT2D eigenvalue weighted by Crippen LogP contribution is 2.23. The molecule has 0 saturated carbocycles. The van der Waals surface area contributed by atoms with Gasteiger partial charge in [0.15, 0.2) is 5.78 Å². The van der Waals surface area contributed by atoms with Gasteiger partial charge in [-0.05, 0) is 45.0 Å². The molecular weight excluding hydrogens is 491 g/mol. The van der Waals surface area contributed by atoms with Crippen LogP contribution in [-0.4, -0.2) is 55.4 Å². The van der Waals surface area contributed by atoms with Crippen LogP contribution in [0.25, 0.3) is 10.9 Å². The van der Waals surface area contributed by atoms with E-state index in [9.17, 15) is 28.7 Å². The van der Waals surface area contributed by atoms with Gasteiger partial charge in [-0.2, -0.15) is 5.10 Å². The molecule has 0 saturated heterocycles. The lowest BCUT2D eigenvalue weighted by molar-refractivity contribution is -0.141. The molecule has 2 amide bonds. The average Bonchev–Trinajstić information content (AvgIpc) is 3.15. The van der Waals surface area contributed by atoms with E-state index in [-0.39, 0.29) is 47.3 Å². The fraction of sp³-hybridized carbons (Fsp3) is 0.320. The van der Waals surface area contributed by atoms with Crippen molar-refractivity contribution in [3.63, 3.8) is 0 Å². The number of carboxylic acids is 1. The molecule has 0 spiro atoms. The number of carbonyl (C=O) groups excluding carboxylic acids is 3.